The van der Waals surface area contributed by atoms with Gasteiger partial charge in [0.25, 0.3) is 0 Å². The molecule has 0 amide bonds. The Balaban J connectivity index is 2.40. The summed E-state index contributed by atoms with van der Waals surface area (Å²) in [5.41, 5.74) is 9.22. The van der Waals surface area contributed by atoms with Crippen molar-refractivity contribution in [2.75, 3.05) is 0 Å². The van der Waals surface area contributed by atoms with Crippen molar-refractivity contribution < 1.29 is 0 Å². The summed E-state index contributed by atoms with van der Waals surface area (Å²) in [7, 11) is 0. The molecule has 0 saturated heterocycles. The third-order valence-corrected chi connectivity index (χ3v) is 3.25. The first kappa shape index (κ1) is 13.1. The molecule has 1 heterocycles. The fourth-order valence-electron chi connectivity index (χ4n) is 1.92. The van der Waals surface area contributed by atoms with Gasteiger partial charge < -0.3 is 5.73 Å². The molecule has 1 aromatic heterocycles. The van der Waals surface area contributed by atoms with E-state index in [9.17, 15) is 0 Å². The maximum Gasteiger partial charge on any atom is 0.0679 e. The molecule has 0 aliphatic rings. The third-order valence-electron chi connectivity index (χ3n) is 3.02. The summed E-state index contributed by atoms with van der Waals surface area (Å²) in [4.78, 5) is 0. The number of hydrogen-bond donors (Lipinski definition) is 1. The monoisotopic (exact) mass is 263 g/mol. The maximum atomic E-state index is 6.07. The van der Waals surface area contributed by atoms with E-state index in [2.05, 4.69) is 12.0 Å². The van der Waals surface area contributed by atoms with E-state index in [1.807, 2.05) is 42.1 Å². The minimum Gasteiger partial charge on any atom is -0.327 e. The normalized spacial score (nSPS) is 12.7. The van der Waals surface area contributed by atoms with E-state index in [1.54, 1.807) is 0 Å². The van der Waals surface area contributed by atoms with Gasteiger partial charge in [-0.3, -0.25) is 0 Å². The summed E-state index contributed by atoms with van der Waals surface area (Å²) in [5.74, 6) is 0. The standard InChI is InChI=1S/C14H18ClN3/c1-3-13(16)9-11-8-12(15)4-5-14(11)18-7-6-10(2)17-18/h4-8,13H,3,9,16H2,1-2H3. The van der Waals surface area contributed by atoms with Crippen molar-refractivity contribution in [3.63, 3.8) is 0 Å². The first-order chi connectivity index (χ1) is 8.60. The molecule has 2 aromatic rings. The van der Waals surface area contributed by atoms with Gasteiger partial charge in [0.1, 0.15) is 0 Å². The zero-order valence-electron chi connectivity index (χ0n) is 10.7. The third kappa shape index (κ3) is 2.92. The van der Waals surface area contributed by atoms with Gasteiger partial charge in [0, 0.05) is 17.3 Å². The van der Waals surface area contributed by atoms with Gasteiger partial charge in [-0.05, 0) is 49.6 Å². The van der Waals surface area contributed by atoms with Crippen molar-refractivity contribution in [1.82, 2.24) is 9.78 Å². The van der Waals surface area contributed by atoms with Gasteiger partial charge in [-0.2, -0.15) is 5.10 Å². The molecule has 1 unspecified atom stereocenters. The Labute approximate surface area is 113 Å². The SMILES string of the molecule is CCC(N)Cc1cc(Cl)ccc1-n1ccc(C)n1. The molecule has 2 N–H and O–H groups in total. The van der Waals surface area contributed by atoms with Gasteiger partial charge in [0.2, 0.25) is 0 Å². The van der Waals surface area contributed by atoms with Crippen LogP contribution in [-0.4, -0.2) is 15.8 Å². The van der Waals surface area contributed by atoms with Crippen molar-refractivity contribution in [3.05, 3.63) is 46.7 Å². The summed E-state index contributed by atoms with van der Waals surface area (Å²) in [6.07, 6.45) is 3.72. The number of nitrogens with two attached hydrogens (primary N) is 1. The molecule has 1 atom stereocenters. The van der Waals surface area contributed by atoms with Crippen LogP contribution in [0.1, 0.15) is 24.6 Å². The van der Waals surface area contributed by atoms with Crippen LogP contribution >= 0.6 is 11.6 Å². The van der Waals surface area contributed by atoms with E-state index in [0.29, 0.717) is 0 Å². The predicted molar refractivity (Wildman–Crippen MR) is 75.3 cm³/mol. The van der Waals surface area contributed by atoms with Gasteiger partial charge in [-0.15, -0.1) is 0 Å². The summed E-state index contributed by atoms with van der Waals surface area (Å²) in [5, 5.41) is 5.17. The number of rotatable bonds is 4. The Bertz CT molecular complexity index is 534. The molecule has 0 aliphatic carbocycles. The highest BCUT2D eigenvalue weighted by Gasteiger charge is 2.10. The van der Waals surface area contributed by atoms with Crippen LogP contribution in [0.2, 0.25) is 5.02 Å². The summed E-state index contributed by atoms with van der Waals surface area (Å²) < 4.78 is 1.88. The minimum absolute atomic E-state index is 0.152. The van der Waals surface area contributed by atoms with E-state index in [0.717, 1.165) is 34.8 Å². The molecule has 0 fully saturated rings. The summed E-state index contributed by atoms with van der Waals surface area (Å²) in [6.45, 7) is 4.07. The van der Waals surface area contributed by atoms with E-state index in [4.69, 9.17) is 17.3 Å². The second-order valence-corrected chi connectivity index (χ2v) is 4.98. The topological polar surface area (TPSA) is 43.8 Å². The highest BCUT2D eigenvalue weighted by atomic mass is 35.5. The molecule has 96 valence electrons. The Kier molecular flexibility index (Phi) is 4.04. The van der Waals surface area contributed by atoms with Crippen LogP contribution < -0.4 is 5.73 Å². The summed E-state index contributed by atoms with van der Waals surface area (Å²) >= 11 is 6.07. The number of hydrogen-bond acceptors (Lipinski definition) is 2. The van der Waals surface area contributed by atoms with Crippen molar-refractivity contribution in [2.24, 2.45) is 5.73 Å². The highest BCUT2D eigenvalue weighted by Crippen LogP contribution is 2.21. The first-order valence-electron chi connectivity index (χ1n) is 6.16. The van der Waals surface area contributed by atoms with E-state index in [1.165, 1.54) is 0 Å². The maximum absolute atomic E-state index is 6.07. The Morgan fingerprint density at radius 2 is 2.17 bits per heavy atom. The zero-order valence-corrected chi connectivity index (χ0v) is 11.5. The Hall–Kier alpha value is -1.32. The van der Waals surface area contributed by atoms with E-state index < -0.39 is 0 Å². The molecular weight excluding hydrogens is 246 g/mol. The number of benzene rings is 1. The highest BCUT2D eigenvalue weighted by molar-refractivity contribution is 6.30. The van der Waals surface area contributed by atoms with Crippen molar-refractivity contribution in [1.29, 1.82) is 0 Å². The lowest BCUT2D eigenvalue weighted by atomic mass is 10.0. The van der Waals surface area contributed by atoms with E-state index >= 15 is 0 Å². The van der Waals surface area contributed by atoms with Crippen LogP contribution in [0.4, 0.5) is 0 Å². The molecule has 0 bridgehead atoms. The molecule has 1 aromatic carbocycles. The second kappa shape index (κ2) is 5.55. The molecule has 0 saturated carbocycles. The van der Waals surface area contributed by atoms with Gasteiger partial charge in [0.05, 0.1) is 11.4 Å². The Morgan fingerprint density at radius 3 is 2.78 bits per heavy atom. The van der Waals surface area contributed by atoms with Crippen LogP contribution in [0.15, 0.2) is 30.5 Å². The molecule has 3 nitrogen and oxygen atoms in total. The van der Waals surface area contributed by atoms with Crippen LogP contribution in [0, 0.1) is 6.92 Å². The van der Waals surface area contributed by atoms with Crippen LogP contribution in [0.25, 0.3) is 5.69 Å². The molecule has 0 aliphatic heterocycles. The molecule has 0 radical (unpaired) electrons. The molecular formula is C14H18ClN3. The minimum atomic E-state index is 0.152. The average Bonchev–Trinajstić information content (AvgIpc) is 2.75. The lowest BCUT2D eigenvalue weighted by Gasteiger charge is -2.14. The average molecular weight is 264 g/mol. The fraction of sp³-hybridized carbons (Fsp3) is 0.357. The van der Waals surface area contributed by atoms with Gasteiger partial charge in [-0.1, -0.05) is 18.5 Å². The number of nitrogens with zero attached hydrogens (tertiary/aromatic N) is 2. The summed E-state index contributed by atoms with van der Waals surface area (Å²) in [6, 6.07) is 7.99. The number of aromatic nitrogens is 2. The molecule has 4 heteroatoms. The van der Waals surface area contributed by atoms with Crippen molar-refractivity contribution >= 4 is 11.6 Å². The number of aryl methyl sites for hydroxylation is 1. The number of halogens is 1. The van der Waals surface area contributed by atoms with Crippen LogP contribution in [0.5, 0.6) is 0 Å². The second-order valence-electron chi connectivity index (χ2n) is 4.55. The molecule has 18 heavy (non-hydrogen) atoms. The Morgan fingerprint density at radius 1 is 1.39 bits per heavy atom. The first-order valence-corrected chi connectivity index (χ1v) is 6.54. The lowest BCUT2D eigenvalue weighted by molar-refractivity contribution is 0.642. The fourth-order valence-corrected chi connectivity index (χ4v) is 2.11. The van der Waals surface area contributed by atoms with Crippen LogP contribution in [-0.2, 0) is 6.42 Å². The van der Waals surface area contributed by atoms with Crippen molar-refractivity contribution in [2.45, 2.75) is 32.7 Å². The van der Waals surface area contributed by atoms with Crippen molar-refractivity contribution in [3.8, 4) is 5.69 Å². The predicted octanol–water partition coefficient (Wildman–Crippen LogP) is 3.11. The largest absolute Gasteiger partial charge is 0.327 e. The quantitative estimate of drug-likeness (QED) is 0.921. The van der Waals surface area contributed by atoms with Gasteiger partial charge in [-0.25, -0.2) is 4.68 Å². The lowest BCUT2D eigenvalue weighted by Crippen LogP contribution is -2.22. The molecule has 2 rings (SSSR count). The van der Waals surface area contributed by atoms with E-state index in [-0.39, 0.29) is 6.04 Å². The smallest absolute Gasteiger partial charge is 0.0679 e. The zero-order chi connectivity index (χ0) is 13.1. The van der Waals surface area contributed by atoms with Gasteiger partial charge >= 0.3 is 0 Å². The molecule has 0 spiro atoms. The van der Waals surface area contributed by atoms with Gasteiger partial charge in [0.15, 0.2) is 0 Å². The van der Waals surface area contributed by atoms with Crippen LogP contribution in [0.3, 0.4) is 0 Å².